The summed E-state index contributed by atoms with van der Waals surface area (Å²) >= 11 is 3.46. The van der Waals surface area contributed by atoms with Gasteiger partial charge in [0.2, 0.25) is 5.91 Å². The number of rotatable bonds is 5. The highest BCUT2D eigenvalue weighted by Gasteiger charge is 2.29. The maximum absolute atomic E-state index is 10.8. The van der Waals surface area contributed by atoms with Crippen LogP contribution in [0.3, 0.4) is 0 Å². The second-order valence-corrected chi connectivity index (χ2v) is 6.41. The second-order valence-electron chi connectivity index (χ2n) is 5.56. The molecule has 0 bridgehead atoms. The van der Waals surface area contributed by atoms with E-state index < -0.39 is 0 Å². The zero-order valence-electron chi connectivity index (χ0n) is 11.9. The van der Waals surface area contributed by atoms with Crippen molar-refractivity contribution in [3.63, 3.8) is 0 Å². The maximum Gasteiger partial charge on any atom is 0.295 e. The summed E-state index contributed by atoms with van der Waals surface area (Å²) in [5.74, 6) is 0.714. The molecule has 0 unspecified atom stereocenters. The first-order valence-electron chi connectivity index (χ1n) is 7.18. The normalized spacial score (nSPS) is 21.0. The Balaban J connectivity index is 1.49. The number of para-hydroxylation sites is 1. The van der Waals surface area contributed by atoms with Gasteiger partial charge in [-0.05, 0) is 53.2 Å². The Labute approximate surface area is 131 Å². The molecule has 0 atom stereocenters. The SMILES string of the molecule is CC(=O)NCCC1CC(Nc2nc3cccc(Br)c3o2)C1. The molecule has 21 heavy (non-hydrogen) atoms. The van der Waals surface area contributed by atoms with E-state index in [0.29, 0.717) is 18.0 Å². The fourth-order valence-corrected chi connectivity index (χ4v) is 3.13. The minimum atomic E-state index is 0.0426. The maximum atomic E-state index is 10.8. The molecule has 0 saturated heterocycles. The van der Waals surface area contributed by atoms with Crippen molar-refractivity contribution in [2.75, 3.05) is 11.9 Å². The van der Waals surface area contributed by atoms with Gasteiger partial charge in [0.05, 0.1) is 4.47 Å². The number of carbonyl (C=O) groups excluding carboxylic acids is 1. The molecule has 0 aliphatic heterocycles. The molecular weight excluding hydrogens is 334 g/mol. The average Bonchev–Trinajstić information content (AvgIpc) is 2.79. The molecular formula is C15H18BrN3O2. The first-order valence-corrected chi connectivity index (χ1v) is 7.97. The van der Waals surface area contributed by atoms with Crippen LogP contribution in [-0.2, 0) is 4.79 Å². The lowest BCUT2D eigenvalue weighted by molar-refractivity contribution is -0.119. The van der Waals surface area contributed by atoms with Gasteiger partial charge in [0.1, 0.15) is 5.52 Å². The number of carbonyl (C=O) groups is 1. The van der Waals surface area contributed by atoms with Crippen LogP contribution in [0.4, 0.5) is 6.01 Å². The third-order valence-electron chi connectivity index (χ3n) is 3.86. The number of nitrogens with zero attached hydrogens (tertiary/aromatic N) is 1. The minimum Gasteiger partial charge on any atom is -0.422 e. The fourth-order valence-electron chi connectivity index (χ4n) is 2.69. The fraction of sp³-hybridized carbons (Fsp3) is 0.467. The van der Waals surface area contributed by atoms with Crippen LogP contribution < -0.4 is 10.6 Å². The lowest BCUT2D eigenvalue weighted by Gasteiger charge is -2.35. The monoisotopic (exact) mass is 351 g/mol. The lowest BCUT2D eigenvalue weighted by Crippen LogP contribution is -2.37. The number of benzene rings is 1. The predicted octanol–water partition coefficient (Wildman–Crippen LogP) is 3.31. The first-order chi connectivity index (χ1) is 10.1. The van der Waals surface area contributed by atoms with E-state index in [1.54, 1.807) is 6.92 Å². The van der Waals surface area contributed by atoms with Gasteiger partial charge in [-0.2, -0.15) is 4.98 Å². The van der Waals surface area contributed by atoms with Gasteiger partial charge in [0.15, 0.2) is 5.58 Å². The van der Waals surface area contributed by atoms with E-state index in [0.717, 1.165) is 41.4 Å². The molecule has 2 N–H and O–H groups in total. The number of amides is 1. The summed E-state index contributed by atoms with van der Waals surface area (Å²) in [6, 6.07) is 6.83. The van der Waals surface area contributed by atoms with Crippen molar-refractivity contribution in [2.24, 2.45) is 5.92 Å². The summed E-state index contributed by atoms with van der Waals surface area (Å²) in [7, 11) is 0. The van der Waals surface area contributed by atoms with Gasteiger partial charge < -0.3 is 15.1 Å². The zero-order chi connectivity index (χ0) is 14.8. The van der Waals surface area contributed by atoms with E-state index in [4.69, 9.17) is 4.42 Å². The standard InChI is InChI=1S/C15H18BrN3O2/c1-9(20)17-6-5-10-7-11(8-10)18-15-19-13-4-2-3-12(16)14(13)21-15/h2-4,10-11H,5-8H2,1H3,(H,17,20)(H,18,19). The number of hydrogen-bond acceptors (Lipinski definition) is 4. The molecule has 1 aromatic heterocycles. The second kappa shape index (κ2) is 6.05. The number of anilines is 1. The molecule has 0 spiro atoms. The van der Waals surface area contributed by atoms with Crippen LogP contribution in [0.2, 0.25) is 0 Å². The van der Waals surface area contributed by atoms with Gasteiger partial charge in [-0.3, -0.25) is 4.79 Å². The molecule has 1 heterocycles. The van der Waals surface area contributed by atoms with Crippen molar-refractivity contribution in [1.82, 2.24) is 10.3 Å². The van der Waals surface area contributed by atoms with Crippen molar-refractivity contribution in [2.45, 2.75) is 32.2 Å². The average molecular weight is 352 g/mol. The largest absolute Gasteiger partial charge is 0.422 e. The van der Waals surface area contributed by atoms with Crippen molar-refractivity contribution in [3.8, 4) is 0 Å². The Bertz CT molecular complexity index is 649. The van der Waals surface area contributed by atoms with Gasteiger partial charge in [0, 0.05) is 19.5 Å². The molecule has 1 fully saturated rings. The van der Waals surface area contributed by atoms with Crippen molar-refractivity contribution < 1.29 is 9.21 Å². The first kappa shape index (κ1) is 14.4. The van der Waals surface area contributed by atoms with E-state index in [1.807, 2.05) is 18.2 Å². The minimum absolute atomic E-state index is 0.0426. The van der Waals surface area contributed by atoms with Crippen LogP contribution in [0.5, 0.6) is 0 Å². The van der Waals surface area contributed by atoms with Gasteiger partial charge >= 0.3 is 0 Å². The zero-order valence-corrected chi connectivity index (χ0v) is 13.4. The van der Waals surface area contributed by atoms with Crippen LogP contribution in [0.1, 0.15) is 26.2 Å². The Hall–Kier alpha value is -1.56. The van der Waals surface area contributed by atoms with Crippen molar-refractivity contribution in [1.29, 1.82) is 0 Å². The van der Waals surface area contributed by atoms with E-state index in [9.17, 15) is 4.79 Å². The van der Waals surface area contributed by atoms with E-state index >= 15 is 0 Å². The number of nitrogens with one attached hydrogen (secondary N) is 2. The van der Waals surface area contributed by atoms with Gasteiger partial charge in [-0.25, -0.2) is 0 Å². The topological polar surface area (TPSA) is 67.2 Å². The van der Waals surface area contributed by atoms with Gasteiger partial charge in [-0.1, -0.05) is 6.07 Å². The Morgan fingerprint density at radius 1 is 1.48 bits per heavy atom. The molecule has 2 aromatic rings. The molecule has 1 saturated carbocycles. The summed E-state index contributed by atoms with van der Waals surface area (Å²) in [6.45, 7) is 2.32. The van der Waals surface area contributed by atoms with Crippen molar-refractivity contribution in [3.05, 3.63) is 22.7 Å². The lowest BCUT2D eigenvalue weighted by atomic mass is 9.78. The number of fused-ring (bicyclic) bond motifs is 1. The summed E-state index contributed by atoms with van der Waals surface area (Å²) in [6.07, 6.45) is 3.23. The molecule has 3 rings (SSSR count). The van der Waals surface area contributed by atoms with Crippen LogP contribution in [0.25, 0.3) is 11.1 Å². The summed E-state index contributed by atoms with van der Waals surface area (Å²) in [5.41, 5.74) is 1.63. The summed E-state index contributed by atoms with van der Waals surface area (Å²) in [4.78, 5) is 15.2. The molecule has 1 amide bonds. The smallest absolute Gasteiger partial charge is 0.295 e. The third kappa shape index (κ3) is 3.37. The Morgan fingerprint density at radius 3 is 3.00 bits per heavy atom. The number of oxazole rings is 1. The molecule has 1 aromatic carbocycles. The van der Waals surface area contributed by atoms with Crippen LogP contribution in [-0.4, -0.2) is 23.5 Å². The number of hydrogen-bond donors (Lipinski definition) is 2. The van der Waals surface area contributed by atoms with E-state index in [1.165, 1.54) is 0 Å². The molecule has 1 aliphatic carbocycles. The molecule has 6 heteroatoms. The van der Waals surface area contributed by atoms with Crippen LogP contribution in [0.15, 0.2) is 27.1 Å². The summed E-state index contributed by atoms with van der Waals surface area (Å²) < 4.78 is 6.65. The Kier molecular flexibility index (Phi) is 4.14. The number of aromatic nitrogens is 1. The molecule has 1 aliphatic rings. The number of halogens is 1. The van der Waals surface area contributed by atoms with E-state index in [2.05, 4.69) is 31.5 Å². The molecule has 112 valence electrons. The predicted molar refractivity (Wildman–Crippen MR) is 85.1 cm³/mol. The third-order valence-corrected chi connectivity index (χ3v) is 4.48. The highest BCUT2D eigenvalue weighted by Crippen LogP contribution is 2.33. The van der Waals surface area contributed by atoms with E-state index in [-0.39, 0.29) is 5.91 Å². The highest BCUT2D eigenvalue weighted by molar-refractivity contribution is 9.10. The van der Waals surface area contributed by atoms with Crippen LogP contribution >= 0.6 is 15.9 Å². The quantitative estimate of drug-likeness (QED) is 0.867. The molecule has 0 radical (unpaired) electrons. The molecule has 5 nitrogen and oxygen atoms in total. The van der Waals surface area contributed by atoms with Crippen molar-refractivity contribution >= 4 is 39.0 Å². The highest BCUT2D eigenvalue weighted by atomic mass is 79.9. The van der Waals surface area contributed by atoms with Gasteiger partial charge in [-0.15, -0.1) is 0 Å². The summed E-state index contributed by atoms with van der Waals surface area (Å²) in [5, 5.41) is 6.18. The van der Waals surface area contributed by atoms with Crippen LogP contribution in [0, 0.1) is 5.92 Å². The van der Waals surface area contributed by atoms with Gasteiger partial charge in [0.25, 0.3) is 6.01 Å². The Morgan fingerprint density at radius 2 is 2.29 bits per heavy atom.